The van der Waals surface area contributed by atoms with E-state index in [1.807, 2.05) is 6.92 Å². The number of hydrogen-bond acceptors (Lipinski definition) is 5. The third-order valence-corrected chi connectivity index (χ3v) is 2.75. The van der Waals surface area contributed by atoms with E-state index in [9.17, 15) is 19.3 Å². The molecule has 0 saturated heterocycles. The first-order valence-electron chi connectivity index (χ1n) is 6.24. The average Bonchev–Trinajstić information content (AvgIpc) is 2.42. The highest BCUT2D eigenvalue weighted by Gasteiger charge is 2.23. The average molecular weight is 284 g/mol. The van der Waals surface area contributed by atoms with Crippen LogP contribution in [0, 0.1) is 15.9 Å². The summed E-state index contributed by atoms with van der Waals surface area (Å²) < 4.78 is 13.4. The van der Waals surface area contributed by atoms with Crippen molar-refractivity contribution in [1.29, 1.82) is 0 Å². The standard InChI is InChI=1S/C12H17FN4O3/c1-2-3-4-5-15-12(18)8-6-10(16-14)9(13)7-11(8)17(19)20/h6-7,16H,2-5,14H2,1H3,(H,15,18). The molecule has 1 amide bonds. The van der Waals surface area contributed by atoms with Gasteiger partial charge in [-0.15, -0.1) is 0 Å². The molecule has 4 N–H and O–H groups in total. The van der Waals surface area contributed by atoms with Gasteiger partial charge in [0.2, 0.25) is 0 Å². The maximum atomic E-state index is 13.4. The lowest BCUT2D eigenvalue weighted by atomic mass is 10.1. The van der Waals surface area contributed by atoms with Gasteiger partial charge in [-0.3, -0.25) is 20.8 Å². The lowest BCUT2D eigenvalue weighted by molar-refractivity contribution is -0.385. The van der Waals surface area contributed by atoms with Crippen LogP contribution in [0.5, 0.6) is 0 Å². The summed E-state index contributed by atoms with van der Waals surface area (Å²) in [5, 5.41) is 13.4. The van der Waals surface area contributed by atoms with Gasteiger partial charge in [0.25, 0.3) is 11.6 Å². The SMILES string of the molecule is CCCCCNC(=O)c1cc(NN)c(F)cc1[N+](=O)[O-]. The molecule has 110 valence electrons. The van der Waals surface area contributed by atoms with Crippen LogP contribution in [0.2, 0.25) is 0 Å². The van der Waals surface area contributed by atoms with E-state index < -0.39 is 22.3 Å². The van der Waals surface area contributed by atoms with Gasteiger partial charge < -0.3 is 10.7 Å². The second kappa shape index (κ2) is 7.39. The molecule has 0 saturated carbocycles. The fourth-order valence-corrected chi connectivity index (χ4v) is 1.68. The summed E-state index contributed by atoms with van der Waals surface area (Å²) >= 11 is 0. The van der Waals surface area contributed by atoms with Gasteiger partial charge in [0, 0.05) is 6.54 Å². The Hall–Kier alpha value is -2.22. The Kier molecular flexibility index (Phi) is 5.85. The van der Waals surface area contributed by atoms with Crippen LogP contribution in [0.4, 0.5) is 15.8 Å². The number of amides is 1. The Bertz CT molecular complexity index is 508. The van der Waals surface area contributed by atoms with Gasteiger partial charge in [-0.05, 0) is 12.5 Å². The van der Waals surface area contributed by atoms with Crippen molar-refractivity contribution in [2.45, 2.75) is 26.2 Å². The Morgan fingerprint density at radius 3 is 2.70 bits per heavy atom. The summed E-state index contributed by atoms with van der Waals surface area (Å²) in [7, 11) is 0. The number of carbonyl (C=O) groups is 1. The molecule has 0 atom stereocenters. The number of anilines is 1. The molecule has 1 aromatic rings. The van der Waals surface area contributed by atoms with Crippen molar-refractivity contribution in [1.82, 2.24) is 5.32 Å². The predicted octanol–water partition coefficient (Wildman–Crippen LogP) is 1.94. The molecule has 8 heteroatoms. The molecule has 0 aromatic heterocycles. The number of nitro groups is 1. The highest BCUT2D eigenvalue weighted by Crippen LogP contribution is 2.25. The lowest BCUT2D eigenvalue weighted by Gasteiger charge is -2.08. The Morgan fingerprint density at radius 2 is 2.15 bits per heavy atom. The molecule has 0 spiro atoms. The Balaban J connectivity index is 2.96. The van der Waals surface area contributed by atoms with E-state index in [0.29, 0.717) is 12.6 Å². The number of rotatable bonds is 7. The van der Waals surface area contributed by atoms with Crippen molar-refractivity contribution in [3.63, 3.8) is 0 Å². The van der Waals surface area contributed by atoms with Crippen molar-refractivity contribution < 1.29 is 14.1 Å². The van der Waals surface area contributed by atoms with Gasteiger partial charge in [-0.2, -0.15) is 0 Å². The second-order valence-electron chi connectivity index (χ2n) is 4.21. The monoisotopic (exact) mass is 284 g/mol. The molecule has 1 aromatic carbocycles. The maximum Gasteiger partial charge on any atom is 0.285 e. The first kappa shape index (κ1) is 15.8. The maximum absolute atomic E-state index is 13.4. The number of unbranched alkanes of at least 4 members (excludes halogenated alkanes) is 2. The minimum absolute atomic E-state index is 0.172. The zero-order valence-corrected chi connectivity index (χ0v) is 11.1. The number of nitrogen functional groups attached to an aromatic ring is 1. The molecule has 0 aliphatic rings. The Morgan fingerprint density at radius 1 is 1.45 bits per heavy atom. The van der Waals surface area contributed by atoms with E-state index in [0.717, 1.165) is 25.3 Å². The normalized spacial score (nSPS) is 10.2. The van der Waals surface area contributed by atoms with E-state index in [2.05, 4.69) is 10.7 Å². The fourth-order valence-electron chi connectivity index (χ4n) is 1.68. The summed E-state index contributed by atoms with van der Waals surface area (Å²) in [6.07, 6.45) is 2.72. The van der Waals surface area contributed by atoms with Crippen LogP contribution in [-0.2, 0) is 0 Å². The van der Waals surface area contributed by atoms with E-state index in [4.69, 9.17) is 5.84 Å². The second-order valence-corrected chi connectivity index (χ2v) is 4.21. The number of nitro benzene ring substituents is 1. The molecule has 0 fully saturated rings. The van der Waals surface area contributed by atoms with E-state index in [1.54, 1.807) is 0 Å². The summed E-state index contributed by atoms with van der Waals surface area (Å²) in [5.74, 6) is 3.59. The Labute approximate surface area is 115 Å². The van der Waals surface area contributed by atoms with Gasteiger partial charge in [0.15, 0.2) is 5.82 Å². The van der Waals surface area contributed by atoms with Crippen molar-refractivity contribution in [2.75, 3.05) is 12.0 Å². The topological polar surface area (TPSA) is 110 Å². The van der Waals surface area contributed by atoms with E-state index in [1.165, 1.54) is 0 Å². The first-order valence-corrected chi connectivity index (χ1v) is 6.24. The van der Waals surface area contributed by atoms with E-state index in [-0.39, 0.29) is 11.3 Å². The van der Waals surface area contributed by atoms with Gasteiger partial charge in [-0.25, -0.2) is 4.39 Å². The van der Waals surface area contributed by atoms with Gasteiger partial charge in [-0.1, -0.05) is 19.8 Å². The number of hydrazine groups is 1. The third kappa shape index (κ3) is 3.89. The van der Waals surface area contributed by atoms with Crippen LogP contribution in [-0.4, -0.2) is 17.4 Å². The molecule has 0 heterocycles. The summed E-state index contributed by atoms with van der Waals surface area (Å²) in [6, 6.07) is 1.71. The van der Waals surface area contributed by atoms with Crippen molar-refractivity contribution in [3.8, 4) is 0 Å². The van der Waals surface area contributed by atoms with Crippen LogP contribution < -0.4 is 16.6 Å². The van der Waals surface area contributed by atoms with Crippen LogP contribution in [0.15, 0.2) is 12.1 Å². The fraction of sp³-hybridized carbons (Fsp3) is 0.417. The van der Waals surface area contributed by atoms with Crippen molar-refractivity contribution in [2.24, 2.45) is 5.84 Å². The minimum Gasteiger partial charge on any atom is -0.352 e. The number of nitrogens with zero attached hydrogens (tertiary/aromatic N) is 1. The van der Waals surface area contributed by atoms with Gasteiger partial charge >= 0.3 is 0 Å². The quantitative estimate of drug-likeness (QED) is 0.307. The number of carbonyl (C=O) groups excluding carboxylic acids is 1. The molecule has 0 bridgehead atoms. The van der Waals surface area contributed by atoms with E-state index >= 15 is 0 Å². The lowest BCUT2D eigenvalue weighted by Crippen LogP contribution is -2.25. The smallest absolute Gasteiger partial charge is 0.285 e. The number of nitrogens with one attached hydrogen (secondary N) is 2. The van der Waals surface area contributed by atoms with Crippen LogP contribution >= 0.6 is 0 Å². The first-order chi connectivity index (χ1) is 9.51. The number of hydrogen-bond donors (Lipinski definition) is 3. The third-order valence-electron chi connectivity index (χ3n) is 2.75. The summed E-state index contributed by atoms with van der Waals surface area (Å²) in [6.45, 7) is 2.43. The number of halogens is 1. The molecule has 0 aliphatic carbocycles. The zero-order chi connectivity index (χ0) is 15.1. The molecule has 7 nitrogen and oxygen atoms in total. The molecule has 0 unspecified atom stereocenters. The molecule has 20 heavy (non-hydrogen) atoms. The van der Waals surface area contributed by atoms with Gasteiger partial charge in [0.05, 0.1) is 16.7 Å². The highest BCUT2D eigenvalue weighted by molar-refractivity contribution is 5.99. The van der Waals surface area contributed by atoms with Crippen molar-refractivity contribution in [3.05, 3.63) is 33.6 Å². The predicted molar refractivity (Wildman–Crippen MR) is 72.7 cm³/mol. The summed E-state index contributed by atoms with van der Waals surface area (Å²) in [5.41, 5.74) is 1.07. The molecular formula is C12H17FN4O3. The number of benzene rings is 1. The van der Waals surface area contributed by atoms with Crippen LogP contribution in [0.1, 0.15) is 36.5 Å². The molecular weight excluding hydrogens is 267 g/mol. The van der Waals surface area contributed by atoms with Crippen molar-refractivity contribution >= 4 is 17.3 Å². The molecule has 0 aliphatic heterocycles. The molecule has 0 radical (unpaired) electrons. The zero-order valence-electron chi connectivity index (χ0n) is 11.1. The molecule has 1 rings (SSSR count). The van der Waals surface area contributed by atoms with Gasteiger partial charge in [0.1, 0.15) is 5.56 Å². The highest BCUT2D eigenvalue weighted by atomic mass is 19.1. The number of nitrogens with two attached hydrogens (primary N) is 1. The minimum atomic E-state index is -0.887. The van der Waals surface area contributed by atoms with Crippen LogP contribution in [0.3, 0.4) is 0 Å². The largest absolute Gasteiger partial charge is 0.352 e. The van der Waals surface area contributed by atoms with Crippen LogP contribution in [0.25, 0.3) is 0 Å². The summed E-state index contributed by atoms with van der Waals surface area (Å²) in [4.78, 5) is 22.0.